The van der Waals surface area contributed by atoms with E-state index in [-0.39, 0.29) is 5.69 Å². The second-order valence-corrected chi connectivity index (χ2v) is 4.17. The molecule has 1 unspecified atom stereocenters. The molecule has 1 rings (SSSR count). The smallest absolute Gasteiger partial charge is 0.310 e. The number of aromatic nitrogens is 1. The lowest BCUT2D eigenvalue weighted by Gasteiger charge is -2.30. The summed E-state index contributed by atoms with van der Waals surface area (Å²) in [5, 5.41) is 23.2. The van der Waals surface area contributed by atoms with E-state index in [0.29, 0.717) is 5.69 Å². The maximum Gasteiger partial charge on any atom is 0.310 e. The van der Waals surface area contributed by atoms with Crippen molar-refractivity contribution in [2.75, 3.05) is 5.32 Å². The molecule has 0 aliphatic heterocycles. The highest BCUT2D eigenvalue weighted by molar-refractivity contribution is 5.60. The van der Waals surface area contributed by atoms with Crippen LogP contribution in [0.25, 0.3) is 0 Å². The van der Waals surface area contributed by atoms with Gasteiger partial charge >= 0.3 is 5.69 Å². The number of nitrogens with one attached hydrogen (secondary N) is 1. The lowest BCUT2D eigenvalue weighted by molar-refractivity contribution is -0.384. The Balaban J connectivity index is 3.02. The van der Waals surface area contributed by atoms with Gasteiger partial charge in [-0.25, -0.2) is 0 Å². The fourth-order valence-corrected chi connectivity index (χ4v) is 1.09. The summed E-state index contributed by atoms with van der Waals surface area (Å²) in [6, 6.07) is 1.52. The molecule has 1 aromatic heterocycles. The van der Waals surface area contributed by atoms with Crippen LogP contribution in [0, 0.1) is 10.1 Å². The summed E-state index contributed by atoms with van der Waals surface area (Å²) in [7, 11) is 0. The van der Waals surface area contributed by atoms with Crippen LogP contribution < -0.4 is 5.32 Å². The van der Waals surface area contributed by atoms with Crippen molar-refractivity contribution >= 4 is 11.4 Å². The predicted octanol–water partition coefficient (Wildman–Crippen LogP) is 1.56. The summed E-state index contributed by atoms with van der Waals surface area (Å²) in [6.07, 6.45) is 2.01. The van der Waals surface area contributed by atoms with Gasteiger partial charge in [-0.1, -0.05) is 0 Å². The first-order valence-electron chi connectivity index (χ1n) is 4.89. The zero-order valence-electron chi connectivity index (χ0n) is 9.47. The molecule has 0 radical (unpaired) electrons. The number of nitrogens with zero attached hydrogens (tertiary/aromatic N) is 2. The van der Waals surface area contributed by atoms with E-state index in [1.807, 2.05) is 0 Å². The number of rotatable bonds is 4. The number of hydrogen-bond acceptors (Lipinski definition) is 5. The highest BCUT2D eigenvalue weighted by Gasteiger charge is 2.26. The van der Waals surface area contributed by atoms with Gasteiger partial charge in [0.1, 0.15) is 11.9 Å². The molecule has 2 N–H and O–H groups in total. The molecule has 1 heterocycles. The van der Waals surface area contributed by atoms with Gasteiger partial charge in [0, 0.05) is 6.20 Å². The average molecular weight is 225 g/mol. The number of anilines is 1. The standard InChI is InChI=1S/C10H15N3O3/c1-7(14)10(2,3)12-8-4-5-11-6-9(8)13(15)16/h4-7,14H,1-3H3,(H,11,12). The SMILES string of the molecule is CC(O)C(C)(C)Nc1ccncc1[N+](=O)[O-]. The van der Waals surface area contributed by atoms with Crippen molar-refractivity contribution in [3.8, 4) is 0 Å². The Kier molecular flexibility index (Phi) is 3.44. The van der Waals surface area contributed by atoms with E-state index in [1.165, 1.54) is 18.5 Å². The topological polar surface area (TPSA) is 88.3 Å². The van der Waals surface area contributed by atoms with Crippen LogP contribution in [-0.4, -0.2) is 26.7 Å². The third-order valence-electron chi connectivity index (χ3n) is 2.50. The molecule has 0 bridgehead atoms. The third kappa shape index (κ3) is 2.66. The van der Waals surface area contributed by atoms with Crippen molar-refractivity contribution < 1.29 is 10.0 Å². The summed E-state index contributed by atoms with van der Waals surface area (Å²) in [6.45, 7) is 5.16. The summed E-state index contributed by atoms with van der Waals surface area (Å²) in [4.78, 5) is 13.9. The minimum absolute atomic E-state index is 0.101. The minimum Gasteiger partial charge on any atom is -0.391 e. The van der Waals surface area contributed by atoms with Crippen molar-refractivity contribution in [1.29, 1.82) is 0 Å². The first kappa shape index (κ1) is 12.4. The highest BCUT2D eigenvalue weighted by atomic mass is 16.6. The Labute approximate surface area is 93.5 Å². The first-order valence-corrected chi connectivity index (χ1v) is 4.89. The second-order valence-electron chi connectivity index (χ2n) is 4.17. The second kappa shape index (κ2) is 4.44. The van der Waals surface area contributed by atoms with Gasteiger partial charge in [-0.15, -0.1) is 0 Å². The molecule has 0 aliphatic carbocycles. The molecule has 0 amide bonds. The molecule has 0 saturated carbocycles. The molecule has 16 heavy (non-hydrogen) atoms. The molecular weight excluding hydrogens is 210 g/mol. The predicted molar refractivity (Wildman–Crippen MR) is 60.3 cm³/mol. The number of pyridine rings is 1. The number of aliphatic hydroxyl groups is 1. The molecule has 1 atom stereocenters. The van der Waals surface area contributed by atoms with Crippen molar-refractivity contribution in [3.63, 3.8) is 0 Å². The molecule has 0 aliphatic rings. The molecule has 1 aromatic rings. The molecule has 6 heteroatoms. The van der Waals surface area contributed by atoms with Crippen molar-refractivity contribution in [3.05, 3.63) is 28.6 Å². The molecule has 88 valence electrons. The van der Waals surface area contributed by atoms with E-state index in [2.05, 4.69) is 10.3 Å². The molecule has 0 fully saturated rings. The van der Waals surface area contributed by atoms with E-state index >= 15 is 0 Å². The van der Waals surface area contributed by atoms with Crippen LogP contribution in [0.5, 0.6) is 0 Å². The van der Waals surface area contributed by atoms with Crippen LogP contribution in [0.2, 0.25) is 0 Å². The Bertz CT molecular complexity index is 391. The molecule has 0 spiro atoms. The summed E-state index contributed by atoms with van der Waals surface area (Å²) in [5.41, 5.74) is -0.395. The van der Waals surface area contributed by atoms with E-state index in [4.69, 9.17) is 0 Å². The Hall–Kier alpha value is -1.69. The quantitative estimate of drug-likeness (QED) is 0.599. The largest absolute Gasteiger partial charge is 0.391 e. The number of hydrogen-bond donors (Lipinski definition) is 2. The molecule has 6 nitrogen and oxygen atoms in total. The van der Waals surface area contributed by atoms with Gasteiger partial charge in [0.25, 0.3) is 0 Å². The lowest BCUT2D eigenvalue weighted by atomic mass is 9.98. The Morgan fingerprint density at radius 1 is 1.62 bits per heavy atom. The maximum atomic E-state index is 10.7. The fraction of sp³-hybridized carbons (Fsp3) is 0.500. The summed E-state index contributed by atoms with van der Waals surface area (Å²) in [5.74, 6) is 0. The highest BCUT2D eigenvalue weighted by Crippen LogP contribution is 2.26. The van der Waals surface area contributed by atoms with E-state index in [0.717, 1.165) is 0 Å². The molecule has 0 saturated heterocycles. The Morgan fingerprint density at radius 2 is 2.25 bits per heavy atom. The van der Waals surface area contributed by atoms with Gasteiger partial charge in [-0.05, 0) is 26.8 Å². The zero-order chi connectivity index (χ0) is 12.3. The molecule has 0 aromatic carbocycles. The van der Waals surface area contributed by atoms with Gasteiger partial charge in [-0.2, -0.15) is 0 Å². The monoisotopic (exact) mass is 225 g/mol. The normalized spacial score (nSPS) is 13.2. The molecular formula is C10H15N3O3. The van der Waals surface area contributed by atoms with Crippen LogP contribution in [0.15, 0.2) is 18.5 Å². The Morgan fingerprint density at radius 3 is 2.75 bits per heavy atom. The fourth-order valence-electron chi connectivity index (χ4n) is 1.09. The minimum atomic E-state index is -0.647. The van der Waals surface area contributed by atoms with E-state index < -0.39 is 16.6 Å². The van der Waals surface area contributed by atoms with Crippen LogP contribution in [-0.2, 0) is 0 Å². The summed E-state index contributed by atoms with van der Waals surface area (Å²) >= 11 is 0. The van der Waals surface area contributed by atoms with Crippen LogP contribution >= 0.6 is 0 Å². The van der Waals surface area contributed by atoms with Crippen LogP contribution in [0.3, 0.4) is 0 Å². The number of aliphatic hydroxyl groups excluding tert-OH is 1. The number of nitro groups is 1. The summed E-state index contributed by atoms with van der Waals surface area (Å²) < 4.78 is 0. The van der Waals surface area contributed by atoms with Crippen molar-refractivity contribution in [2.45, 2.75) is 32.4 Å². The van der Waals surface area contributed by atoms with Gasteiger partial charge < -0.3 is 10.4 Å². The van der Waals surface area contributed by atoms with Gasteiger partial charge in [0.05, 0.1) is 16.6 Å². The average Bonchev–Trinajstić information content (AvgIpc) is 2.17. The van der Waals surface area contributed by atoms with Crippen molar-refractivity contribution in [2.24, 2.45) is 0 Å². The van der Waals surface area contributed by atoms with Crippen LogP contribution in [0.4, 0.5) is 11.4 Å². The third-order valence-corrected chi connectivity index (χ3v) is 2.50. The van der Waals surface area contributed by atoms with Crippen molar-refractivity contribution in [1.82, 2.24) is 4.98 Å². The van der Waals surface area contributed by atoms with Gasteiger partial charge in [0.2, 0.25) is 0 Å². The zero-order valence-corrected chi connectivity index (χ0v) is 9.47. The first-order chi connectivity index (χ1) is 7.34. The lowest BCUT2D eigenvalue weighted by Crippen LogP contribution is -2.42. The van der Waals surface area contributed by atoms with Crippen LogP contribution in [0.1, 0.15) is 20.8 Å². The van der Waals surface area contributed by atoms with E-state index in [9.17, 15) is 15.2 Å². The maximum absolute atomic E-state index is 10.7. The van der Waals surface area contributed by atoms with Gasteiger partial charge in [-0.3, -0.25) is 15.1 Å². The van der Waals surface area contributed by atoms with Gasteiger partial charge in [0.15, 0.2) is 0 Å². The van der Waals surface area contributed by atoms with E-state index in [1.54, 1.807) is 20.8 Å².